The molecule has 1 aromatic carbocycles. The third kappa shape index (κ3) is 3.56. The summed E-state index contributed by atoms with van der Waals surface area (Å²) >= 11 is 0. The van der Waals surface area contributed by atoms with Gasteiger partial charge >= 0.3 is 0 Å². The number of nitrogens with zero attached hydrogens (tertiary/aromatic N) is 1. The van der Waals surface area contributed by atoms with E-state index in [0.717, 1.165) is 25.7 Å². The van der Waals surface area contributed by atoms with Crippen molar-refractivity contribution >= 4 is 0 Å². The number of halogens is 1. The molecule has 1 saturated carbocycles. The molecule has 0 aliphatic heterocycles. The van der Waals surface area contributed by atoms with E-state index in [-0.39, 0.29) is 18.5 Å². The van der Waals surface area contributed by atoms with E-state index in [9.17, 15) is 4.39 Å². The Morgan fingerprint density at radius 1 is 1.40 bits per heavy atom. The van der Waals surface area contributed by atoms with Gasteiger partial charge in [-0.1, -0.05) is 6.07 Å². The molecule has 2 N–H and O–H groups in total. The van der Waals surface area contributed by atoms with Crippen LogP contribution in [0.4, 0.5) is 4.39 Å². The van der Waals surface area contributed by atoms with E-state index in [4.69, 9.17) is 10.4 Å². The van der Waals surface area contributed by atoms with Gasteiger partial charge in [-0.2, -0.15) is 5.26 Å². The highest BCUT2D eigenvalue weighted by molar-refractivity contribution is 5.34. The second-order valence-electron chi connectivity index (χ2n) is 5.64. The zero-order valence-electron chi connectivity index (χ0n) is 11.8. The van der Waals surface area contributed by atoms with E-state index in [0.29, 0.717) is 23.1 Å². The van der Waals surface area contributed by atoms with Gasteiger partial charge in [0.25, 0.3) is 0 Å². The second-order valence-corrected chi connectivity index (χ2v) is 5.64. The van der Waals surface area contributed by atoms with Crippen molar-refractivity contribution in [3.63, 3.8) is 0 Å². The van der Waals surface area contributed by atoms with Gasteiger partial charge < -0.3 is 10.4 Å². The summed E-state index contributed by atoms with van der Waals surface area (Å²) in [5.41, 5.74) is 0.954. The number of rotatable bonds is 4. The van der Waals surface area contributed by atoms with E-state index >= 15 is 0 Å². The molecule has 0 saturated heterocycles. The van der Waals surface area contributed by atoms with Crippen molar-refractivity contribution in [1.82, 2.24) is 5.32 Å². The molecule has 1 unspecified atom stereocenters. The predicted molar refractivity (Wildman–Crippen MR) is 75.5 cm³/mol. The Balaban J connectivity index is 1.95. The van der Waals surface area contributed by atoms with Crippen molar-refractivity contribution in [3.05, 3.63) is 35.1 Å². The summed E-state index contributed by atoms with van der Waals surface area (Å²) in [6, 6.07) is 6.87. The van der Waals surface area contributed by atoms with Crippen molar-refractivity contribution in [2.24, 2.45) is 5.92 Å². The summed E-state index contributed by atoms with van der Waals surface area (Å²) in [6.45, 7) is 2.22. The molecule has 0 spiro atoms. The minimum absolute atomic E-state index is 0.0709. The van der Waals surface area contributed by atoms with Crippen LogP contribution in [0.5, 0.6) is 0 Å². The Hall–Kier alpha value is -1.44. The van der Waals surface area contributed by atoms with Crippen molar-refractivity contribution < 1.29 is 9.50 Å². The molecule has 0 bridgehead atoms. The highest BCUT2D eigenvalue weighted by atomic mass is 19.1. The molecule has 0 aromatic heterocycles. The lowest BCUT2D eigenvalue weighted by atomic mass is 9.86. The van der Waals surface area contributed by atoms with E-state index < -0.39 is 0 Å². The topological polar surface area (TPSA) is 56.0 Å². The normalized spacial score (nSPS) is 24.1. The zero-order chi connectivity index (χ0) is 14.5. The summed E-state index contributed by atoms with van der Waals surface area (Å²) in [7, 11) is 0. The van der Waals surface area contributed by atoms with Crippen LogP contribution in [-0.4, -0.2) is 17.8 Å². The molecule has 3 nitrogen and oxygen atoms in total. The van der Waals surface area contributed by atoms with Crippen molar-refractivity contribution in [2.75, 3.05) is 6.61 Å². The minimum atomic E-state index is -0.326. The summed E-state index contributed by atoms with van der Waals surface area (Å²) < 4.78 is 13.9. The van der Waals surface area contributed by atoms with E-state index in [2.05, 4.69) is 5.32 Å². The van der Waals surface area contributed by atoms with Crippen LogP contribution >= 0.6 is 0 Å². The first-order valence-corrected chi connectivity index (χ1v) is 7.20. The van der Waals surface area contributed by atoms with Crippen LogP contribution in [0.2, 0.25) is 0 Å². The highest BCUT2D eigenvalue weighted by Crippen LogP contribution is 2.26. The third-order valence-corrected chi connectivity index (χ3v) is 4.19. The van der Waals surface area contributed by atoms with Crippen molar-refractivity contribution in [3.8, 4) is 6.07 Å². The molecule has 1 fully saturated rings. The molecule has 2 rings (SSSR count). The van der Waals surface area contributed by atoms with Crippen LogP contribution in [0, 0.1) is 23.1 Å². The summed E-state index contributed by atoms with van der Waals surface area (Å²) in [6.07, 6.45) is 4.09. The Bertz CT molecular complexity index is 490. The van der Waals surface area contributed by atoms with Crippen molar-refractivity contribution in [1.29, 1.82) is 5.26 Å². The fourth-order valence-corrected chi connectivity index (χ4v) is 2.90. The first-order valence-electron chi connectivity index (χ1n) is 7.20. The zero-order valence-corrected chi connectivity index (χ0v) is 11.8. The average molecular weight is 276 g/mol. The number of aliphatic hydroxyl groups excluding tert-OH is 1. The van der Waals surface area contributed by atoms with Crippen LogP contribution in [0.15, 0.2) is 18.2 Å². The molecule has 0 amide bonds. The molecule has 20 heavy (non-hydrogen) atoms. The van der Waals surface area contributed by atoms with Gasteiger partial charge in [-0.25, -0.2) is 4.39 Å². The Kier molecular flexibility index (Phi) is 5.11. The minimum Gasteiger partial charge on any atom is -0.396 e. The molecule has 4 heteroatoms. The fraction of sp³-hybridized carbons (Fsp3) is 0.562. The number of nitriles is 1. The Labute approximate surface area is 119 Å². The monoisotopic (exact) mass is 276 g/mol. The van der Waals surface area contributed by atoms with Gasteiger partial charge in [0.1, 0.15) is 5.82 Å². The number of aliphatic hydroxyl groups is 1. The predicted octanol–water partition coefficient (Wildman–Crippen LogP) is 2.90. The molecule has 1 aliphatic carbocycles. The lowest BCUT2D eigenvalue weighted by molar-refractivity contribution is 0.172. The third-order valence-electron chi connectivity index (χ3n) is 4.19. The first-order chi connectivity index (χ1) is 9.63. The second kappa shape index (κ2) is 6.83. The maximum atomic E-state index is 13.9. The highest BCUT2D eigenvalue weighted by Gasteiger charge is 2.22. The van der Waals surface area contributed by atoms with Gasteiger partial charge in [-0.3, -0.25) is 0 Å². The number of hydrogen-bond acceptors (Lipinski definition) is 3. The van der Waals surface area contributed by atoms with Gasteiger partial charge in [0, 0.05) is 24.3 Å². The standard InChI is InChI=1S/C16H21FN2O/c1-11(15-7-4-13(9-18)8-16(15)17)19-14-5-2-12(10-20)3-6-14/h4,7-8,11-12,14,19-20H,2-3,5-6,10H2,1H3. The first kappa shape index (κ1) is 15.0. The van der Waals surface area contributed by atoms with Crippen LogP contribution in [0.1, 0.15) is 49.8 Å². The molecular weight excluding hydrogens is 255 g/mol. The van der Waals surface area contributed by atoms with E-state index in [1.54, 1.807) is 12.1 Å². The van der Waals surface area contributed by atoms with Crippen LogP contribution in [0.3, 0.4) is 0 Å². The van der Waals surface area contributed by atoms with E-state index in [1.807, 2.05) is 13.0 Å². The summed E-state index contributed by atoms with van der Waals surface area (Å²) in [5, 5.41) is 21.3. The van der Waals surface area contributed by atoms with Gasteiger partial charge in [0.2, 0.25) is 0 Å². The number of benzene rings is 1. The Morgan fingerprint density at radius 2 is 2.10 bits per heavy atom. The summed E-state index contributed by atoms with van der Waals surface area (Å²) in [4.78, 5) is 0. The fourth-order valence-electron chi connectivity index (χ4n) is 2.90. The summed E-state index contributed by atoms with van der Waals surface area (Å²) in [5.74, 6) is 0.100. The average Bonchev–Trinajstić information content (AvgIpc) is 2.47. The maximum absolute atomic E-state index is 13.9. The quantitative estimate of drug-likeness (QED) is 0.889. The van der Waals surface area contributed by atoms with Crippen LogP contribution in [-0.2, 0) is 0 Å². The smallest absolute Gasteiger partial charge is 0.129 e. The number of nitrogens with one attached hydrogen (secondary N) is 1. The maximum Gasteiger partial charge on any atom is 0.129 e. The van der Waals surface area contributed by atoms with E-state index in [1.165, 1.54) is 6.07 Å². The molecule has 1 aliphatic rings. The van der Waals surface area contributed by atoms with Gasteiger partial charge in [-0.15, -0.1) is 0 Å². The molecule has 108 valence electrons. The SMILES string of the molecule is CC(NC1CCC(CO)CC1)c1ccc(C#N)cc1F. The molecule has 1 aromatic rings. The van der Waals surface area contributed by atoms with Gasteiger partial charge in [-0.05, 0) is 50.7 Å². The lowest BCUT2D eigenvalue weighted by Gasteiger charge is -2.30. The van der Waals surface area contributed by atoms with Gasteiger partial charge in [0.15, 0.2) is 0 Å². The van der Waals surface area contributed by atoms with Crippen molar-refractivity contribution in [2.45, 2.75) is 44.7 Å². The van der Waals surface area contributed by atoms with Crippen LogP contribution in [0.25, 0.3) is 0 Å². The lowest BCUT2D eigenvalue weighted by Crippen LogP contribution is -2.35. The van der Waals surface area contributed by atoms with Gasteiger partial charge in [0.05, 0.1) is 11.6 Å². The Morgan fingerprint density at radius 3 is 2.65 bits per heavy atom. The largest absolute Gasteiger partial charge is 0.396 e. The van der Waals surface area contributed by atoms with Crippen LogP contribution < -0.4 is 5.32 Å². The molecule has 0 radical (unpaired) electrons. The molecular formula is C16H21FN2O. The molecule has 1 atom stereocenters. The number of hydrogen-bond donors (Lipinski definition) is 2. The molecule has 0 heterocycles.